The van der Waals surface area contributed by atoms with E-state index in [1.807, 2.05) is 13.8 Å². The largest absolute Gasteiger partial charge is 0.435 e. The van der Waals surface area contributed by atoms with E-state index in [9.17, 15) is 18.0 Å². The number of nitrogens with one attached hydrogen (secondary N) is 1. The maximum Gasteiger partial charge on any atom is 0.435 e. The van der Waals surface area contributed by atoms with Crippen molar-refractivity contribution in [1.82, 2.24) is 15.1 Å². The Morgan fingerprint density at radius 3 is 2.83 bits per heavy atom. The quantitative estimate of drug-likeness (QED) is 0.921. The van der Waals surface area contributed by atoms with Crippen molar-refractivity contribution in [3.05, 3.63) is 17.5 Å². The Labute approximate surface area is 133 Å². The predicted octanol–water partition coefficient (Wildman–Crippen LogP) is 2.51. The van der Waals surface area contributed by atoms with Gasteiger partial charge in [0.2, 0.25) is 5.91 Å². The molecule has 0 radical (unpaired) electrons. The number of rotatable bonds is 4. The molecule has 1 fully saturated rings. The van der Waals surface area contributed by atoms with Gasteiger partial charge in [-0.1, -0.05) is 13.8 Å². The molecule has 2 heterocycles. The van der Waals surface area contributed by atoms with E-state index in [2.05, 4.69) is 10.4 Å². The summed E-state index contributed by atoms with van der Waals surface area (Å²) in [4.78, 5) is 12.4. The Hall–Kier alpha value is -1.57. The number of ether oxygens (including phenoxy) is 1. The highest BCUT2D eigenvalue weighted by atomic mass is 19.4. The summed E-state index contributed by atoms with van der Waals surface area (Å²) in [7, 11) is 1.42. The number of alkyl halides is 3. The molecule has 5 nitrogen and oxygen atoms in total. The second-order valence-corrected chi connectivity index (χ2v) is 6.22. The van der Waals surface area contributed by atoms with Crippen molar-refractivity contribution >= 4 is 5.91 Å². The van der Waals surface area contributed by atoms with Crippen LogP contribution in [0, 0.1) is 11.8 Å². The summed E-state index contributed by atoms with van der Waals surface area (Å²) in [5, 5.41) is 6.04. The van der Waals surface area contributed by atoms with Crippen molar-refractivity contribution in [1.29, 1.82) is 0 Å². The van der Waals surface area contributed by atoms with Crippen LogP contribution in [0.5, 0.6) is 0 Å². The van der Waals surface area contributed by atoms with Gasteiger partial charge in [-0.15, -0.1) is 0 Å². The maximum absolute atomic E-state index is 12.9. The second-order valence-electron chi connectivity index (χ2n) is 6.22. The summed E-state index contributed by atoms with van der Waals surface area (Å²) in [6, 6.07) is 0. The van der Waals surface area contributed by atoms with Gasteiger partial charge in [0.15, 0.2) is 5.69 Å². The summed E-state index contributed by atoms with van der Waals surface area (Å²) >= 11 is 0. The first-order chi connectivity index (χ1) is 10.7. The summed E-state index contributed by atoms with van der Waals surface area (Å²) in [6.45, 7) is 4.37. The summed E-state index contributed by atoms with van der Waals surface area (Å²) in [5.74, 6) is -0.412. The van der Waals surface area contributed by atoms with E-state index in [0.29, 0.717) is 13.0 Å². The lowest BCUT2D eigenvalue weighted by atomic mass is 9.87. The average Bonchev–Trinajstić information content (AvgIpc) is 2.86. The molecule has 130 valence electrons. The lowest BCUT2D eigenvalue weighted by Crippen LogP contribution is -2.43. The molecule has 1 aliphatic rings. The number of hydrogen-bond donors (Lipinski definition) is 1. The Balaban J connectivity index is 2.04. The summed E-state index contributed by atoms with van der Waals surface area (Å²) in [5.41, 5.74) is -0.994. The molecular weight excluding hydrogens is 311 g/mol. The Kier molecular flexibility index (Phi) is 5.33. The highest BCUT2D eigenvalue weighted by Gasteiger charge is 2.38. The van der Waals surface area contributed by atoms with Gasteiger partial charge < -0.3 is 10.1 Å². The molecule has 1 saturated heterocycles. The van der Waals surface area contributed by atoms with Gasteiger partial charge in [0.1, 0.15) is 0 Å². The lowest BCUT2D eigenvalue weighted by molar-refractivity contribution is -0.143. The number of aromatic nitrogens is 2. The molecule has 0 bridgehead atoms. The summed E-state index contributed by atoms with van der Waals surface area (Å²) in [6.07, 6.45) is -1.98. The van der Waals surface area contributed by atoms with Gasteiger partial charge in [-0.3, -0.25) is 9.48 Å². The standard InChI is InChI=1S/C15H22F3N3O2/c1-9(2)12-11(5-4-6-23-12)14(22)19-7-10-8-21(3)20-13(10)15(16,17)18/h8-9,11-12H,4-7H2,1-3H3,(H,19,22). The normalized spacial score (nSPS) is 22.4. The topological polar surface area (TPSA) is 56.1 Å². The van der Waals surface area contributed by atoms with E-state index in [-0.39, 0.29) is 36.0 Å². The fourth-order valence-electron chi connectivity index (χ4n) is 2.96. The molecule has 1 aromatic rings. The van der Waals surface area contributed by atoms with Crippen LogP contribution in [-0.2, 0) is 29.3 Å². The van der Waals surface area contributed by atoms with Crippen LogP contribution in [0.1, 0.15) is 37.9 Å². The van der Waals surface area contributed by atoms with Crippen molar-refractivity contribution in [2.24, 2.45) is 18.9 Å². The smallest absolute Gasteiger partial charge is 0.377 e. The average molecular weight is 333 g/mol. The highest BCUT2D eigenvalue weighted by molar-refractivity contribution is 5.79. The first kappa shape index (κ1) is 17.8. The molecule has 2 unspecified atom stereocenters. The van der Waals surface area contributed by atoms with Gasteiger partial charge in [-0.05, 0) is 18.8 Å². The number of carbonyl (C=O) groups is 1. The van der Waals surface area contributed by atoms with Crippen LogP contribution in [0.25, 0.3) is 0 Å². The zero-order chi connectivity index (χ0) is 17.2. The predicted molar refractivity (Wildman–Crippen MR) is 77.4 cm³/mol. The van der Waals surface area contributed by atoms with E-state index >= 15 is 0 Å². The van der Waals surface area contributed by atoms with Crippen molar-refractivity contribution in [2.75, 3.05) is 6.61 Å². The van der Waals surface area contributed by atoms with Crippen molar-refractivity contribution < 1.29 is 22.7 Å². The molecule has 0 aliphatic carbocycles. The van der Waals surface area contributed by atoms with Gasteiger partial charge in [-0.25, -0.2) is 0 Å². The third kappa shape index (κ3) is 4.25. The van der Waals surface area contributed by atoms with E-state index in [4.69, 9.17) is 4.74 Å². The Morgan fingerprint density at radius 1 is 1.52 bits per heavy atom. The number of carbonyl (C=O) groups excluding carboxylic acids is 1. The minimum atomic E-state index is -4.53. The maximum atomic E-state index is 12.9. The zero-order valence-corrected chi connectivity index (χ0v) is 13.5. The van der Waals surface area contributed by atoms with Gasteiger partial charge in [0.05, 0.1) is 12.0 Å². The molecule has 1 aromatic heterocycles. The van der Waals surface area contributed by atoms with Crippen molar-refractivity contribution in [3.63, 3.8) is 0 Å². The van der Waals surface area contributed by atoms with Gasteiger partial charge in [0, 0.05) is 32.0 Å². The number of halogens is 3. The molecule has 0 spiro atoms. The molecule has 1 amide bonds. The van der Waals surface area contributed by atoms with Crippen molar-refractivity contribution in [2.45, 2.75) is 45.5 Å². The Morgan fingerprint density at radius 2 is 2.22 bits per heavy atom. The zero-order valence-electron chi connectivity index (χ0n) is 13.5. The fourth-order valence-corrected chi connectivity index (χ4v) is 2.96. The number of hydrogen-bond acceptors (Lipinski definition) is 3. The van der Waals surface area contributed by atoms with Crippen molar-refractivity contribution in [3.8, 4) is 0 Å². The minimum absolute atomic E-state index is 0.0359. The molecule has 0 saturated carbocycles. The molecule has 2 rings (SSSR count). The van der Waals surface area contributed by atoms with Crippen LogP contribution in [0.3, 0.4) is 0 Å². The van der Waals surface area contributed by atoms with E-state index in [1.165, 1.54) is 13.2 Å². The number of nitrogens with zero attached hydrogens (tertiary/aromatic N) is 2. The first-order valence-electron chi connectivity index (χ1n) is 7.69. The molecule has 2 atom stereocenters. The molecule has 0 aromatic carbocycles. The molecule has 23 heavy (non-hydrogen) atoms. The molecular formula is C15H22F3N3O2. The monoisotopic (exact) mass is 333 g/mol. The Bertz CT molecular complexity index is 555. The van der Waals surface area contributed by atoms with Gasteiger partial charge in [0.25, 0.3) is 0 Å². The highest BCUT2D eigenvalue weighted by Crippen LogP contribution is 2.31. The van der Waals surface area contributed by atoms with Gasteiger partial charge >= 0.3 is 6.18 Å². The van der Waals surface area contributed by atoms with Gasteiger partial charge in [-0.2, -0.15) is 18.3 Å². The van der Waals surface area contributed by atoms with E-state index in [0.717, 1.165) is 11.1 Å². The van der Waals surface area contributed by atoms with Crippen LogP contribution in [0.4, 0.5) is 13.2 Å². The van der Waals surface area contributed by atoms with E-state index < -0.39 is 11.9 Å². The first-order valence-corrected chi connectivity index (χ1v) is 7.69. The summed E-state index contributed by atoms with van der Waals surface area (Å²) < 4.78 is 45.5. The number of amides is 1. The van der Waals surface area contributed by atoms with Crippen LogP contribution >= 0.6 is 0 Å². The van der Waals surface area contributed by atoms with Crippen LogP contribution in [-0.4, -0.2) is 28.4 Å². The van der Waals surface area contributed by atoms with E-state index in [1.54, 1.807) is 0 Å². The minimum Gasteiger partial charge on any atom is -0.377 e. The fraction of sp³-hybridized carbons (Fsp3) is 0.733. The molecule has 1 N–H and O–H groups in total. The SMILES string of the molecule is CC(C)C1OCCCC1C(=O)NCc1cn(C)nc1C(F)(F)F. The molecule has 1 aliphatic heterocycles. The third-order valence-corrected chi connectivity index (χ3v) is 3.99. The van der Waals surface area contributed by atoms with Crippen LogP contribution in [0.2, 0.25) is 0 Å². The van der Waals surface area contributed by atoms with Crippen LogP contribution in [0.15, 0.2) is 6.20 Å². The lowest BCUT2D eigenvalue weighted by Gasteiger charge is -2.33. The third-order valence-electron chi connectivity index (χ3n) is 3.99. The second kappa shape index (κ2) is 6.90. The van der Waals surface area contributed by atoms with Crippen LogP contribution < -0.4 is 5.32 Å². The molecule has 8 heteroatoms. The number of aryl methyl sites for hydroxylation is 1.